The molecule has 2 heterocycles. The highest BCUT2D eigenvalue weighted by Gasteiger charge is 2.33. The number of ether oxygens (including phenoxy) is 3. The van der Waals surface area contributed by atoms with Crippen molar-refractivity contribution in [1.82, 2.24) is 25.1 Å². The van der Waals surface area contributed by atoms with Crippen molar-refractivity contribution < 1.29 is 14.2 Å². The number of methoxy groups -OCH3 is 3. The Morgan fingerprint density at radius 1 is 0.861 bits per heavy atom. The van der Waals surface area contributed by atoms with Gasteiger partial charge >= 0.3 is 0 Å². The largest absolute Gasteiger partial charge is 0.497 e. The van der Waals surface area contributed by atoms with Crippen LogP contribution in [0.5, 0.6) is 17.2 Å². The van der Waals surface area contributed by atoms with E-state index in [1.165, 1.54) is 5.69 Å². The summed E-state index contributed by atoms with van der Waals surface area (Å²) in [7, 11) is 5.07. The molecule has 0 amide bonds. The minimum Gasteiger partial charge on any atom is -0.497 e. The Balaban J connectivity index is 0.00000361. The molecule has 4 rings (SSSR count). The minimum absolute atomic E-state index is 0. The molecule has 0 aliphatic carbocycles. The Kier molecular flexibility index (Phi) is 9.78. The van der Waals surface area contributed by atoms with Gasteiger partial charge in [-0.3, -0.25) is 4.90 Å². The molecule has 196 valence electrons. The number of tetrazole rings is 1. The van der Waals surface area contributed by atoms with E-state index in [0.29, 0.717) is 5.92 Å². The van der Waals surface area contributed by atoms with Gasteiger partial charge in [-0.1, -0.05) is 13.8 Å². The summed E-state index contributed by atoms with van der Waals surface area (Å²) < 4.78 is 18.6. The molecule has 1 atom stereocenters. The quantitative estimate of drug-likeness (QED) is 0.399. The van der Waals surface area contributed by atoms with Crippen LogP contribution in [0.3, 0.4) is 0 Å². The summed E-state index contributed by atoms with van der Waals surface area (Å²) in [6.07, 6.45) is 1.01. The van der Waals surface area contributed by atoms with Crippen molar-refractivity contribution in [3.8, 4) is 17.2 Å². The number of halogens is 1. The van der Waals surface area contributed by atoms with Crippen LogP contribution >= 0.6 is 12.4 Å². The normalized spacial score (nSPS) is 14.9. The fourth-order valence-electron chi connectivity index (χ4n) is 4.53. The van der Waals surface area contributed by atoms with Gasteiger partial charge in [0, 0.05) is 44.0 Å². The molecule has 1 aromatic heterocycles. The molecule has 1 unspecified atom stereocenters. The van der Waals surface area contributed by atoms with Crippen molar-refractivity contribution in [3.05, 3.63) is 53.9 Å². The number of nitrogens with zero attached hydrogens (tertiary/aromatic N) is 6. The van der Waals surface area contributed by atoms with E-state index in [2.05, 4.69) is 51.3 Å². The smallest absolute Gasteiger partial charge is 0.173 e. The Labute approximate surface area is 219 Å². The van der Waals surface area contributed by atoms with E-state index >= 15 is 0 Å². The van der Waals surface area contributed by atoms with Gasteiger partial charge in [0.15, 0.2) is 5.82 Å². The first-order chi connectivity index (χ1) is 17.0. The third-order valence-corrected chi connectivity index (χ3v) is 6.57. The van der Waals surface area contributed by atoms with Gasteiger partial charge in [0.1, 0.15) is 23.3 Å². The van der Waals surface area contributed by atoms with E-state index in [-0.39, 0.29) is 18.4 Å². The molecular weight excluding hydrogens is 480 g/mol. The minimum atomic E-state index is -0.153. The molecule has 1 aliphatic rings. The molecule has 36 heavy (non-hydrogen) atoms. The maximum Gasteiger partial charge on any atom is 0.173 e. The molecule has 0 radical (unpaired) electrons. The highest BCUT2D eigenvalue weighted by Crippen LogP contribution is 2.37. The van der Waals surface area contributed by atoms with E-state index < -0.39 is 0 Å². The van der Waals surface area contributed by atoms with E-state index in [1.807, 2.05) is 35.0 Å². The van der Waals surface area contributed by atoms with Crippen LogP contribution in [-0.4, -0.2) is 72.6 Å². The third-order valence-electron chi connectivity index (χ3n) is 6.57. The van der Waals surface area contributed by atoms with Gasteiger partial charge in [-0.2, -0.15) is 0 Å². The van der Waals surface area contributed by atoms with Gasteiger partial charge in [0.2, 0.25) is 0 Å². The molecule has 9 nitrogen and oxygen atoms in total. The van der Waals surface area contributed by atoms with Crippen LogP contribution in [0.15, 0.2) is 42.5 Å². The number of piperazine rings is 1. The Hall–Kier alpha value is -3.04. The van der Waals surface area contributed by atoms with Crippen molar-refractivity contribution in [2.24, 2.45) is 5.92 Å². The average molecular weight is 517 g/mol. The first-order valence-electron chi connectivity index (χ1n) is 12.1. The zero-order valence-corrected chi connectivity index (χ0v) is 22.6. The molecule has 0 saturated carbocycles. The van der Waals surface area contributed by atoms with Crippen molar-refractivity contribution >= 4 is 18.1 Å². The summed E-state index contributed by atoms with van der Waals surface area (Å²) in [5.74, 6) is 3.83. The van der Waals surface area contributed by atoms with Crippen LogP contribution in [-0.2, 0) is 6.54 Å². The summed E-state index contributed by atoms with van der Waals surface area (Å²) in [5.41, 5.74) is 2.20. The van der Waals surface area contributed by atoms with Crippen LogP contribution in [0, 0.1) is 5.92 Å². The fourth-order valence-corrected chi connectivity index (χ4v) is 4.53. The number of aromatic nitrogens is 4. The highest BCUT2D eigenvalue weighted by molar-refractivity contribution is 5.85. The summed E-state index contributed by atoms with van der Waals surface area (Å²) in [5, 5.41) is 12.9. The van der Waals surface area contributed by atoms with Crippen molar-refractivity contribution in [3.63, 3.8) is 0 Å². The SMILES string of the molecule is COc1ccc(N2CCN(C(c3cc(OC)ccc3OC)c3nnnn3CCC(C)C)CC2)cc1.Cl. The first kappa shape index (κ1) is 27.5. The summed E-state index contributed by atoms with van der Waals surface area (Å²) in [6.45, 7) is 8.69. The third kappa shape index (κ3) is 6.20. The molecule has 0 bridgehead atoms. The molecule has 0 N–H and O–H groups in total. The van der Waals surface area contributed by atoms with E-state index in [1.54, 1.807) is 21.3 Å². The Morgan fingerprint density at radius 2 is 1.53 bits per heavy atom. The number of hydrogen-bond donors (Lipinski definition) is 0. The Morgan fingerprint density at radius 3 is 2.14 bits per heavy atom. The first-order valence-corrected chi connectivity index (χ1v) is 12.1. The lowest BCUT2D eigenvalue weighted by atomic mass is 10.0. The van der Waals surface area contributed by atoms with Crippen molar-refractivity contribution in [1.29, 1.82) is 0 Å². The number of aryl methyl sites for hydroxylation is 1. The lowest BCUT2D eigenvalue weighted by molar-refractivity contribution is 0.196. The van der Waals surface area contributed by atoms with E-state index in [0.717, 1.165) is 67.8 Å². The molecule has 1 saturated heterocycles. The predicted molar refractivity (Wildman–Crippen MR) is 143 cm³/mol. The van der Waals surface area contributed by atoms with Crippen molar-refractivity contribution in [2.45, 2.75) is 32.9 Å². The zero-order chi connectivity index (χ0) is 24.8. The topological polar surface area (TPSA) is 77.8 Å². The number of anilines is 1. The van der Waals surface area contributed by atoms with Crippen LogP contribution in [0.4, 0.5) is 5.69 Å². The van der Waals surface area contributed by atoms with Crippen LogP contribution in [0.2, 0.25) is 0 Å². The van der Waals surface area contributed by atoms with Crippen molar-refractivity contribution in [2.75, 3.05) is 52.4 Å². The number of rotatable bonds is 10. The van der Waals surface area contributed by atoms with Gasteiger partial charge in [-0.05, 0) is 65.2 Å². The summed E-state index contributed by atoms with van der Waals surface area (Å²) in [4.78, 5) is 4.84. The monoisotopic (exact) mass is 516 g/mol. The summed E-state index contributed by atoms with van der Waals surface area (Å²) >= 11 is 0. The van der Waals surface area contributed by atoms with Gasteiger partial charge in [-0.25, -0.2) is 4.68 Å². The fraction of sp³-hybridized carbons (Fsp3) is 0.500. The van der Waals surface area contributed by atoms with Crippen LogP contribution < -0.4 is 19.1 Å². The van der Waals surface area contributed by atoms with Gasteiger partial charge in [0.05, 0.1) is 21.3 Å². The van der Waals surface area contributed by atoms with Gasteiger partial charge < -0.3 is 19.1 Å². The molecule has 2 aromatic carbocycles. The van der Waals surface area contributed by atoms with E-state index in [9.17, 15) is 0 Å². The molecule has 3 aromatic rings. The predicted octanol–water partition coefficient (Wildman–Crippen LogP) is 4.08. The van der Waals surface area contributed by atoms with E-state index in [4.69, 9.17) is 14.2 Å². The Bertz CT molecular complexity index is 1080. The molecule has 10 heteroatoms. The van der Waals surface area contributed by atoms with Crippen LogP contribution in [0.25, 0.3) is 0 Å². The number of hydrogen-bond acceptors (Lipinski definition) is 8. The maximum absolute atomic E-state index is 5.78. The van der Waals surface area contributed by atoms with Crippen LogP contribution in [0.1, 0.15) is 37.7 Å². The second kappa shape index (κ2) is 12.8. The average Bonchev–Trinajstić information content (AvgIpc) is 3.36. The summed E-state index contributed by atoms with van der Waals surface area (Å²) in [6, 6.07) is 14.0. The zero-order valence-electron chi connectivity index (χ0n) is 21.8. The molecule has 0 spiro atoms. The second-order valence-corrected chi connectivity index (χ2v) is 9.17. The standard InChI is InChI=1S/C26H36N6O3.ClH/c1-19(2)12-13-32-26(27-28-29-32)25(23-18-22(34-4)10-11-24(23)35-5)31-16-14-30(15-17-31)20-6-8-21(33-3)9-7-20;/h6-11,18-19,25H,12-17H2,1-5H3;1H. The van der Waals surface area contributed by atoms with Gasteiger partial charge in [-0.15, -0.1) is 17.5 Å². The lowest BCUT2D eigenvalue weighted by Crippen LogP contribution is -2.48. The highest BCUT2D eigenvalue weighted by atomic mass is 35.5. The lowest BCUT2D eigenvalue weighted by Gasteiger charge is -2.40. The molecular formula is C26H37ClN6O3. The second-order valence-electron chi connectivity index (χ2n) is 9.17. The maximum atomic E-state index is 5.78. The number of benzene rings is 2. The molecule has 1 fully saturated rings. The van der Waals surface area contributed by atoms with Gasteiger partial charge in [0.25, 0.3) is 0 Å². The molecule has 1 aliphatic heterocycles.